The minimum atomic E-state index is -0.804. The Kier molecular flexibility index (Phi) is 3.82. The number of nitriles is 1. The number of ether oxygens (including phenoxy) is 1. The van der Waals surface area contributed by atoms with Gasteiger partial charge in [0, 0.05) is 26.1 Å². The Hall–Kier alpha value is -1.61. The third-order valence-corrected chi connectivity index (χ3v) is 3.39. The maximum absolute atomic E-state index is 11.8. The fourth-order valence-electron chi connectivity index (χ4n) is 1.94. The molecule has 0 atom stereocenters. The van der Waals surface area contributed by atoms with Crippen molar-refractivity contribution in [1.82, 2.24) is 10.2 Å². The van der Waals surface area contributed by atoms with Crippen LogP contribution in [0.5, 0.6) is 0 Å². The molecule has 1 aliphatic carbocycles. The smallest absolute Gasteiger partial charge is 0.240 e. The Bertz CT molecular complexity index is 379. The molecule has 6 nitrogen and oxygen atoms in total. The Balaban J connectivity index is 1.67. The highest BCUT2D eigenvalue weighted by Gasteiger charge is 2.50. The molecule has 2 amide bonds. The Labute approximate surface area is 106 Å². The molecule has 1 heterocycles. The molecule has 98 valence electrons. The van der Waals surface area contributed by atoms with Gasteiger partial charge in [0.2, 0.25) is 11.8 Å². The zero-order valence-electron chi connectivity index (χ0n) is 10.3. The van der Waals surface area contributed by atoms with Crippen LogP contribution in [0.1, 0.15) is 19.3 Å². The summed E-state index contributed by atoms with van der Waals surface area (Å²) in [6, 6.07) is 2.03. The zero-order chi connectivity index (χ0) is 13.0. The maximum atomic E-state index is 11.8. The van der Waals surface area contributed by atoms with E-state index in [2.05, 4.69) is 5.32 Å². The van der Waals surface area contributed by atoms with Gasteiger partial charge in [-0.1, -0.05) is 0 Å². The van der Waals surface area contributed by atoms with E-state index >= 15 is 0 Å². The van der Waals surface area contributed by atoms with Crippen LogP contribution in [0, 0.1) is 16.7 Å². The van der Waals surface area contributed by atoms with Crippen molar-refractivity contribution < 1.29 is 14.3 Å². The van der Waals surface area contributed by atoms with E-state index in [9.17, 15) is 9.59 Å². The molecule has 1 aliphatic heterocycles. The molecule has 1 saturated carbocycles. The van der Waals surface area contributed by atoms with E-state index in [1.807, 2.05) is 6.07 Å². The summed E-state index contributed by atoms with van der Waals surface area (Å²) in [5, 5.41) is 11.5. The molecule has 1 saturated heterocycles. The third kappa shape index (κ3) is 2.79. The maximum Gasteiger partial charge on any atom is 0.240 e. The van der Waals surface area contributed by atoms with Crippen LogP contribution in [0.15, 0.2) is 0 Å². The van der Waals surface area contributed by atoms with E-state index in [0.29, 0.717) is 45.7 Å². The van der Waals surface area contributed by atoms with E-state index in [1.165, 1.54) is 0 Å². The van der Waals surface area contributed by atoms with Gasteiger partial charge in [0.05, 0.1) is 19.3 Å². The molecule has 0 aromatic carbocycles. The molecular formula is C12H17N3O3. The molecule has 2 rings (SSSR count). The highest BCUT2D eigenvalue weighted by atomic mass is 16.5. The molecule has 18 heavy (non-hydrogen) atoms. The van der Waals surface area contributed by atoms with Crippen LogP contribution in [0.3, 0.4) is 0 Å². The Morgan fingerprint density at radius 2 is 2.00 bits per heavy atom. The zero-order valence-corrected chi connectivity index (χ0v) is 10.3. The van der Waals surface area contributed by atoms with Crippen LogP contribution in [-0.4, -0.2) is 49.6 Å². The highest BCUT2D eigenvalue weighted by Crippen LogP contribution is 2.44. The molecule has 0 aromatic heterocycles. The molecule has 6 heteroatoms. The van der Waals surface area contributed by atoms with Crippen molar-refractivity contribution in [2.45, 2.75) is 19.3 Å². The summed E-state index contributed by atoms with van der Waals surface area (Å²) in [5.74, 6) is -0.208. The fraction of sp³-hybridized carbons (Fsp3) is 0.750. The standard InChI is InChI=1S/C12H17N3O3/c13-9-12(2-3-12)11(17)14-4-1-10(16)15-5-7-18-8-6-15/h1-8H2,(H,14,17). The van der Waals surface area contributed by atoms with Gasteiger partial charge in [-0.15, -0.1) is 0 Å². The van der Waals surface area contributed by atoms with Gasteiger partial charge in [0.15, 0.2) is 0 Å². The number of amides is 2. The van der Waals surface area contributed by atoms with Gasteiger partial charge < -0.3 is 15.0 Å². The van der Waals surface area contributed by atoms with Gasteiger partial charge in [-0.05, 0) is 12.8 Å². The SMILES string of the molecule is N#CC1(C(=O)NCCC(=O)N2CCOCC2)CC1. The van der Waals surface area contributed by atoms with Gasteiger partial charge >= 0.3 is 0 Å². The Morgan fingerprint density at radius 1 is 1.33 bits per heavy atom. The number of hydrogen-bond donors (Lipinski definition) is 1. The molecule has 2 fully saturated rings. The summed E-state index contributed by atoms with van der Waals surface area (Å²) in [6.45, 7) is 2.70. The fourth-order valence-corrected chi connectivity index (χ4v) is 1.94. The van der Waals surface area contributed by atoms with E-state index in [1.54, 1.807) is 4.90 Å². The molecule has 0 spiro atoms. The predicted octanol–water partition coefficient (Wildman–Crippen LogP) is -0.345. The van der Waals surface area contributed by atoms with Crippen molar-refractivity contribution in [1.29, 1.82) is 5.26 Å². The Morgan fingerprint density at radius 3 is 2.56 bits per heavy atom. The lowest BCUT2D eigenvalue weighted by Gasteiger charge is -2.26. The first-order chi connectivity index (χ1) is 8.68. The molecule has 2 aliphatic rings. The molecule has 0 unspecified atom stereocenters. The number of carbonyl (C=O) groups is 2. The molecule has 0 radical (unpaired) electrons. The summed E-state index contributed by atoms with van der Waals surface area (Å²) < 4.78 is 5.16. The summed E-state index contributed by atoms with van der Waals surface area (Å²) in [4.78, 5) is 25.1. The van der Waals surface area contributed by atoms with Crippen LogP contribution in [0.2, 0.25) is 0 Å². The van der Waals surface area contributed by atoms with Crippen molar-refractivity contribution in [2.24, 2.45) is 5.41 Å². The molecular weight excluding hydrogens is 234 g/mol. The third-order valence-electron chi connectivity index (χ3n) is 3.39. The monoisotopic (exact) mass is 251 g/mol. The first-order valence-corrected chi connectivity index (χ1v) is 6.23. The largest absolute Gasteiger partial charge is 0.378 e. The second kappa shape index (κ2) is 5.36. The number of carbonyl (C=O) groups excluding carboxylic acids is 2. The lowest BCUT2D eigenvalue weighted by atomic mass is 10.1. The van der Waals surface area contributed by atoms with Crippen LogP contribution in [0.4, 0.5) is 0 Å². The normalized spacial score (nSPS) is 20.9. The summed E-state index contributed by atoms with van der Waals surface area (Å²) in [5.41, 5.74) is -0.804. The van der Waals surface area contributed by atoms with Crippen molar-refractivity contribution in [2.75, 3.05) is 32.8 Å². The van der Waals surface area contributed by atoms with Crippen LogP contribution < -0.4 is 5.32 Å². The highest BCUT2D eigenvalue weighted by molar-refractivity contribution is 5.88. The average Bonchev–Trinajstić information content (AvgIpc) is 3.20. The summed E-state index contributed by atoms with van der Waals surface area (Å²) in [7, 11) is 0. The van der Waals surface area contributed by atoms with Crippen molar-refractivity contribution in [3.8, 4) is 6.07 Å². The van der Waals surface area contributed by atoms with Gasteiger partial charge in [-0.25, -0.2) is 0 Å². The predicted molar refractivity (Wildman–Crippen MR) is 62.3 cm³/mol. The van der Waals surface area contributed by atoms with Crippen molar-refractivity contribution in [3.05, 3.63) is 0 Å². The molecule has 0 aromatic rings. The first-order valence-electron chi connectivity index (χ1n) is 6.23. The number of rotatable bonds is 4. The lowest BCUT2D eigenvalue weighted by molar-refractivity contribution is -0.135. The topological polar surface area (TPSA) is 82.4 Å². The number of hydrogen-bond acceptors (Lipinski definition) is 4. The van der Waals surface area contributed by atoms with Gasteiger partial charge in [-0.2, -0.15) is 5.26 Å². The second-order valence-corrected chi connectivity index (χ2v) is 4.69. The van der Waals surface area contributed by atoms with Crippen molar-refractivity contribution >= 4 is 11.8 Å². The summed E-state index contributed by atoms with van der Waals surface area (Å²) >= 11 is 0. The van der Waals surface area contributed by atoms with Gasteiger partial charge in [0.1, 0.15) is 5.41 Å². The van der Waals surface area contributed by atoms with Crippen molar-refractivity contribution in [3.63, 3.8) is 0 Å². The van der Waals surface area contributed by atoms with Gasteiger partial charge in [-0.3, -0.25) is 9.59 Å². The van der Waals surface area contributed by atoms with E-state index in [-0.39, 0.29) is 18.2 Å². The van der Waals surface area contributed by atoms with Crippen LogP contribution in [-0.2, 0) is 14.3 Å². The summed E-state index contributed by atoms with van der Waals surface area (Å²) in [6.07, 6.45) is 1.55. The number of morpholine rings is 1. The number of nitrogens with one attached hydrogen (secondary N) is 1. The lowest BCUT2D eigenvalue weighted by Crippen LogP contribution is -2.42. The molecule has 1 N–H and O–H groups in total. The van der Waals surface area contributed by atoms with E-state index < -0.39 is 5.41 Å². The average molecular weight is 251 g/mol. The minimum absolute atomic E-state index is 0.0282. The van der Waals surface area contributed by atoms with Crippen LogP contribution in [0.25, 0.3) is 0 Å². The minimum Gasteiger partial charge on any atom is -0.378 e. The van der Waals surface area contributed by atoms with E-state index in [4.69, 9.17) is 10.00 Å². The van der Waals surface area contributed by atoms with E-state index in [0.717, 1.165) is 0 Å². The quantitative estimate of drug-likeness (QED) is 0.740. The number of nitrogens with zero attached hydrogens (tertiary/aromatic N) is 2. The van der Waals surface area contributed by atoms with Crippen LogP contribution >= 0.6 is 0 Å². The van der Waals surface area contributed by atoms with Gasteiger partial charge in [0.25, 0.3) is 0 Å². The second-order valence-electron chi connectivity index (χ2n) is 4.69. The first kappa shape index (κ1) is 12.8. The molecule has 0 bridgehead atoms.